The van der Waals surface area contributed by atoms with Gasteiger partial charge < -0.3 is 0 Å². The molecular weight excluding hydrogens is 410 g/mol. The molecule has 0 aromatic heterocycles. The Morgan fingerprint density at radius 2 is 1.20 bits per heavy atom. The van der Waals surface area contributed by atoms with Gasteiger partial charge in [0.25, 0.3) is 0 Å². The van der Waals surface area contributed by atoms with Gasteiger partial charge in [0, 0.05) is 38.0 Å². The van der Waals surface area contributed by atoms with Crippen molar-refractivity contribution in [2.24, 2.45) is 0 Å². The molecule has 26 valence electrons. The molecule has 0 saturated carbocycles. The number of hydrogen-bond donors (Lipinski definition) is 0. The van der Waals surface area contributed by atoms with Crippen LogP contribution in [0.1, 0.15) is 0 Å². The molecular formula is H3MoSeSnVZn. The zero-order valence-corrected chi connectivity index (χ0v) is 15.0. The second-order valence-corrected chi connectivity index (χ2v) is 0. The van der Waals surface area contributed by atoms with Crippen molar-refractivity contribution in [3.05, 3.63) is 0 Å². The first-order valence-corrected chi connectivity index (χ1v) is 5.61. The van der Waals surface area contributed by atoms with Crippen LogP contribution in [0.15, 0.2) is 0 Å². The molecule has 0 heterocycles. The van der Waals surface area contributed by atoms with Crippen LogP contribution in [0.4, 0.5) is 0 Å². The first-order valence-electron chi connectivity index (χ1n) is 0.183. The van der Waals surface area contributed by atoms with Gasteiger partial charge in [0.15, 0.2) is 0 Å². The van der Waals surface area contributed by atoms with E-state index in [9.17, 15) is 0 Å². The summed E-state index contributed by atoms with van der Waals surface area (Å²) < 4.78 is 0. The van der Waals surface area contributed by atoms with Gasteiger partial charge in [-0.15, -0.1) is 0 Å². The molecule has 0 atom stereocenters. The molecule has 0 aliphatic carbocycles. The minimum absolute atomic E-state index is 0. The van der Waals surface area contributed by atoms with Gasteiger partial charge in [-0.25, -0.2) is 0 Å². The minimum Gasteiger partial charge on any atom is 0 e. The van der Waals surface area contributed by atoms with Gasteiger partial charge in [-0.05, 0) is 0 Å². The van der Waals surface area contributed by atoms with Crippen molar-refractivity contribution >= 4 is 37.3 Å². The molecule has 0 nitrogen and oxygen atoms in total. The fraction of sp³-hybridized carbons (Fsp3) is 0. The summed E-state index contributed by atoms with van der Waals surface area (Å²) in [5, 5.41) is 0. The normalized spacial score (nSPS) is 1.00. The average Bonchev–Trinajstić information content (AvgIpc) is 1.00. The molecule has 0 fully saturated rings. The van der Waals surface area contributed by atoms with E-state index in [0.29, 0.717) is 0 Å². The van der Waals surface area contributed by atoms with Crippen LogP contribution < -0.4 is 0 Å². The van der Waals surface area contributed by atoms with Crippen LogP contribution >= 0.6 is 0 Å². The second-order valence-electron chi connectivity index (χ2n) is 0. The van der Waals surface area contributed by atoms with Crippen molar-refractivity contribution in [3.8, 4) is 0 Å². The van der Waals surface area contributed by atoms with Crippen molar-refractivity contribution in [2.75, 3.05) is 0 Å². The van der Waals surface area contributed by atoms with Gasteiger partial charge >= 0.3 is 55.0 Å². The summed E-state index contributed by atoms with van der Waals surface area (Å²) in [4.78, 5) is 0. The molecule has 0 aliphatic rings. The Hall–Kier alpha value is 3.21. The van der Waals surface area contributed by atoms with E-state index in [1.165, 1.54) is 0 Å². The van der Waals surface area contributed by atoms with Gasteiger partial charge in [0.2, 0.25) is 0 Å². The Bertz CT molecular complexity index is 11.6. The summed E-state index contributed by atoms with van der Waals surface area (Å²) in [6.45, 7) is 0. The fourth-order valence-corrected chi connectivity index (χ4v) is 0. The topological polar surface area (TPSA) is 0 Å². The van der Waals surface area contributed by atoms with E-state index in [0.717, 1.165) is 0 Å². The summed E-state index contributed by atoms with van der Waals surface area (Å²) in [5.74, 6) is 0. The zero-order valence-electron chi connectivity index (χ0n) is 2.72. The SMILES string of the molecule is [SeH][Mo].[SnH2].[V].[Zn]. The molecule has 0 saturated heterocycles. The standard InChI is InChI=1S/Mo.H2Se.Sn.V.Zn.2H/h;1H2;;;;;/q+1;;;;;;/p-1. The van der Waals surface area contributed by atoms with Crippen LogP contribution in [0.25, 0.3) is 0 Å². The van der Waals surface area contributed by atoms with E-state index in [1.54, 1.807) is 0 Å². The van der Waals surface area contributed by atoms with Crippen LogP contribution in [0.3, 0.4) is 0 Å². The predicted molar refractivity (Wildman–Crippen MR) is 15.7 cm³/mol. The summed E-state index contributed by atoms with van der Waals surface area (Å²) in [6.07, 6.45) is 0. The second kappa shape index (κ2) is 27.0. The molecule has 5 heavy (non-hydrogen) atoms. The van der Waals surface area contributed by atoms with Crippen molar-refractivity contribution in [1.29, 1.82) is 0 Å². The minimum atomic E-state index is 0. The molecule has 0 aromatic rings. The summed E-state index contributed by atoms with van der Waals surface area (Å²) in [5.41, 5.74) is 0. The predicted octanol–water partition coefficient (Wildman–Crippen LogP) is -1.57. The molecule has 0 spiro atoms. The van der Waals surface area contributed by atoms with E-state index in [4.69, 9.17) is 0 Å². The summed E-state index contributed by atoms with van der Waals surface area (Å²) in [6, 6.07) is 0. The Morgan fingerprint density at radius 3 is 1.20 bits per heavy atom. The molecule has 5 heteroatoms. The van der Waals surface area contributed by atoms with Gasteiger partial charge in [-0.3, -0.25) is 0 Å². The quantitative estimate of drug-likeness (QED) is 0.422. The van der Waals surface area contributed by atoms with Crippen molar-refractivity contribution < 1.29 is 55.8 Å². The number of rotatable bonds is 0. The molecule has 0 N–H and O–H groups in total. The zero-order chi connectivity index (χ0) is 2.00. The summed E-state index contributed by atoms with van der Waals surface area (Å²) >= 11 is 4.21. The van der Waals surface area contributed by atoms with Crippen LogP contribution in [-0.2, 0) is 55.8 Å². The largest absolute Gasteiger partial charge is 0 e. The maximum Gasteiger partial charge on any atom is 0 e. The van der Waals surface area contributed by atoms with E-state index in [1.807, 2.05) is 17.7 Å². The smallest absolute Gasteiger partial charge is 0 e. The third-order valence-corrected chi connectivity index (χ3v) is 0. The van der Waals surface area contributed by atoms with Gasteiger partial charge in [-0.2, -0.15) is 0 Å². The maximum absolute atomic E-state index is 2.32. The Balaban J connectivity index is -0.00000000167. The van der Waals surface area contributed by atoms with E-state index in [2.05, 4.69) is 13.4 Å². The van der Waals surface area contributed by atoms with E-state index >= 15 is 0 Å². The molecule has 0 amide bonds. The first-order chi connectivity index (χ1) is 1.00. The van der Waals surface area contributed by atoms with Crippen LogP contribution in [0.5, 0.6) is 0 Å². The van der Waals surface area contributed by atoms with Crippen LogP contribution in [0.2, 0.25) is 0 Å². The monoisotopic (exact) mass is 416 g/mol. The molecule has 0 aromatic carbocycles. The van der Waals surface area contributed by atoms with Crippen molar-refractivity contribution in [3.63, 3.8) is 0 Å². The number of hydrogen-bond acceptors (Lipinski definition) is 0. The molecule has 0 rings (SSSR count). The van der Waals surface area contributed by atoms with Crippen LogP contribution in [-0.4, -0.2) is 37.3 Å². The van der Waals surface area contributed by atoms with E-state index < -0.39 is 0 Å². The maximum atomic E-state index is 2.32. The Morgan fingerprint density at radius 1 is 1.20 bits per heavy atom. The van der Waals surface area contributed by atoms with Gasteiger partial charge in [0.1, 0.15) is 0 Å². The summed E-state index contributed by atoms with van der Waals surface area (Å²) in [7, 11) is 0. The van der Waals surface area contributed by atoms with Gasteiger partial charge in [0.05, 0.1) is 0 Å². The third-order valence-electron chi connectivity index (χ3n) is 0. The van der Waals surface area contributed by atoms with Gasteiger partial charge in [-0.1, -0.05) is 0 Å². The molecule has 0 bridgehead atoms. The molecule has 0 aliphatic heterocycles. The van der Waals surface area contributed by atoms with Crippen LogP contribution in [0, 0.1) is 0 Å². The Kier molecular flexibility index (Phi) is 130. The third kappa shape index (κ3) is 19.0. The molecule has 0 unspecified atom stereocenters. The van der Waals surface area contributed by atoms with Crippen molar-refractivity contribution in [1.82, 2.24) is 0 Å². The fourth-order valence-electron chi connectivity index (χ4n) is 0. The van der Waals surface area contributed by atoms with Crippen molar-refractivity contribution in [2.45, 2.75) is 0 Å². The Labute approximate surface area is 91.3 Å². The first kappa shape index (κ1) is 24.1. The average molecular weight is 413 g/mol. The molecule has 3 radical (unpaired) electrons. The van der Waals surface area contributed by atoms with E-state index in [-0.39, 0.29) is 61.9 Å².